The molecule has 16 heavy (non-hydrogen) atoms. The summed E-state index contributed by atoms with van der Waals surface area (Å²) in [6.07, 6.45) is 4.32. The van der Waals surface area contributed by atoms with Crippen molar-refractivity contribution in [1.82, 2.24) is 9.78 Å². The van der Waals surface area contributed by atoms with Crippen LogP contribution in [0.15, 0.2) is 12.3 Å². The molecule has 0 bridgehead atoms. The third-order valence-electron chi connectivity index (χ3n) is 3.26. The molecule has 2 rings (SSSR count). The molecule has 0 radical (unpaired) electrons. The second-order valence-electron chi connectivity index (χ2n) is 4.64. The predicted molar refractivity (Wildman–Crippen MR) is 63.0 cm³/mol. The van der Waals surface area contributed by atoms with E-state index in [1.807, 2.05) is 16.9 Å². The normalized spacial score (nSPS) is 27.2. The molecule has 1 saturated heterocycles. The van der Waals surface area contributed by atoms with Crippen molar-refractivity contribution >= 4 is 0 Å². The molecule has 2 heterocycles. The molecule has 4 heteroatoms. The second kappa shape index (κ2) is 4.97. The fourth-order valence-corrected chi connectivity index (χ4v) is 2.37. The third-order valence-corrected chi connectivity index (χ3v) is 3.26. The van der Waals surface area contributed by atoms with E-state index in [2.05, 4.69) is 18.9 Å². The van der Waals surface area contributed by atoms with Crippen molar-refractivity contribution in [3.05, 3.63) is 18.0 Å². The highest BCUT2D eigenvalue weighted by atomic mass is 16.5. The van der Waals surface area contributed by atoms with E-state index in [1.165, 1.54) is 0 Å². The van der Waals surface area contributed by atoms with Crippen LogP contribution >= 0.6 is 0 Å². The molecule has 0 aliphatic carbocycles. The minimum atomic E-state index is 0.0546. The number of aromatic nitrogens is 2. The summed E-state index contributed by atoms with van der Waals surface area (Å²) in [6, 6.07) is 2.09. The second-order valence-corrected chi connectivity index (χ2v) is 4.64. The molecule has 1 fully saturated rings. The number of hydrogen-bond donors (Lipinski definition) is 1. The average Bonchev–Trinajstić information content (AvgIpc) is 2.87. The lowest BCUT2D eigenvalue weighted by Gasteiger charge is -2.19. The lowest BCUT2D eigenvalue weighted by molar-refractivity contribution is 0.118. The monoisotopic (exact) mass is 223 g/mol. The lowest BCUT2D eigenvalue weighted by Crippen LogP contribution is -2.25. The van der Waals surface area contributed by atoms with Crippen molar-refractivity contribution in [2.24, 2.45) is 11.7 Å². The molecule has 2 N–H and O–H groups in total. The minimum absolute atomic E-state index is 0.0546. The van der Waals surface area contributed by atoms with Gasteiger partial charge in [0.05, 0.1) is 24.4 Å². The summed E-state index contributed by atoms with van der Waals surface area (Å²) >= 11 is 0. The van der Waals surface area contributed by atoms with E-state index in [-0.39, 0.29) is 6.04 Å². The molecule has 3 unspecified atom stereocenters. The van der Waals surface area contributed by atoms with E-state index in [0.29, 0.717) is 12.0 Å². The SMILES string of the molecule is CCCn1nccc1C(N)C1COC(C)C1. The summed E-state index contributed by atoms with van der Waals surface area (Å²) in [5.74, 6) is 0.433. The smallest absolute Gasteiger partial charge is 0.0555 e. The first-order chi connectivity index (χ1) is 7.72. The van der Waals surface area contributed by atoms with E-state index in [4.69, 9.17) is 10.5 Å². The average molecular weight is 223 g/mol. The molecule has 1 aromatic rings. The molecular formula is C12H21N3O. The van der Waals surface area contributed by atoms with Crippen LogP contribution < -0.4 is 5.73 Å². The van der Waals surface area contributed by atoms with Crippen LogP contribution in [-0.2, 0) is 11.3 Å². The Balaban J connectivity index is 2.07. The first-order valence-electron chi connectivity index (χ1n) is 6.11. The van der Waals surface area contributed by atoms with Gasteiger partial charge >= 0.3 is 0 Å². The van der Waals surface area contributed by atoms with Crippen molar-refractivity contribution < 1.29 is 4.74 Å². The highest BCUT2D eigenvalue weighted by Crippen LogP contribution is 2.29. The van der Waals surface area contributed by atoms with Gasteiger partial charge in [-0.25, -0.2) is 0 Å². The van der Waals surface area contributed by atoms with Crippen LogP contribution in [0, 0.1) is 5.92 Å². The Morgan fingerprint density at radius 1 is 1.69 bits per heavy atom. The maximum absolute atomic E-state index is 6.30. The molecule has 1 aromatic heterocycles. The van der Waals surface area contributed by atoms with Gasteiger partial charge in [0.25, 0.3) is 0 Å². The molecule has 0 spiro atoms. The van der Waals surface area contributed by atoms with Crippen molar-refractivity contribution in [3.63, 3.8) is 0 Å². The van der Waals surface area contributed by atoms with Gasteiger partial charge < -0.3 is 10.5 Å². The zero-order valence-corrected chi connectivity index (χ0v) is 10.1. The molecule has 0 amide bonds. The molecule has 1 aliphatic rings. The van der Waals surface area contributed by atoms with Crippen LogP contribution in [0.4, 0.5) is 0 Å². The highest BCUT2D eigenvalue weighted by Gasteiger charge is 2.29. The van der Waals surface area contributed by atoms with Gasteiger partial charge in [0, 0.05) is 18.7 Å². The zero-order valence-electron chi connectivity index (χ0n) is 10.1. The Morgan fingerprint density at radius 2 is 2.50 bits per heavy atom. The summed E-state index contributed by atoms with van der Waals surface area (Å²) < 4.78 is 7.60. The standard InChI is InChI=1S/C12H21N3O/c1-3-6-15-11(4-5-14-15)12(13)10-7-9(2)16-8-10/h4-5,9-10,12H,3,6-8,13H2,1-2H3. The Labute approximate surface area is 96.8 Å². The van der Waals surface area contributed by atoms with Crippen LogP contribution in [0.3, 0.4) is 0 Å². The Morgan fingerprint density at radius 3 is 3.12 bits per heavy atom. The molecule has 3 atom stereocenters. The highest BCUT2D eigenvalue weighted by molar-refractivity contribution is 5.08. The van der Waals surface area contributed by atoms with Crippen molar-refractivity contribution in [1.29, 1.82) is 0 Å². The largest absolute Gasteiger partial charge is 0.378 e. The van der Waals surface area contributed by atoms with Crippen molar-refractivity contribution in [2.45, 2.75) is 45.4 Å². The van der Waals surface area contributed by atoms with Gasteiger partial charge in [0.1, 0.15) is 0 Å². The fraction of sp³-hybridized carbons (Fsp3) is 0.750. The fourth-order valence-electron chi connectivity index (χ4n) is 2.37. The van der Waals surface area contributed by atoms with Crippen LogP contribution in [-0.4, -0.2) is 22.5 Å². The maximum atomic E-state index is 6.30. The number of aryl methyl sites for hydroxylation is 1. The number of nitrogens with zero attached hydrogens (tertiary/aromatic N) is 2. The summed E-state index contributed by atoms with van der Waals surface area (Å²) in [5.41, 5.74) is 7.44. The van der Waals surface area contributed by atoms with E-state index in [0.717, 1.165) is 31.7 Å². The van der Waals surface area contributed by atoms with E-state index >= 15 is 0 Å². The van der Waals surface area contributed by atoms with E-state index < -0.39 is 0 Å². The van der Waals surface area contributed by atoms with Gasteiger partial charge in [-0.1, -0.05) is 6.92 Å². The summed E-state index contributed by atoms with van der Waals surface area (Å²) in [4.78, 5) is 0. The van der Waals surface area contributed by atoms with E-state index in [9.17, 15) is 0 Å². The van der Waals surface area contributed by atoms with Gasteiger partial charge in [-0.2, -0.15) is 5.10 Å². The maximum Gasteiger partial charge on any atom is 0.0555 e. The van der Waals surface area contributed by atoms with Gasteiger partial charge in [0.15, 0.2) is 0 Å². The number of nitrogens with two attached hydrogens (primary N) is 1. The topological polar surface area (TPSA) is 53.1 Å². The first-order valence-corrected chi connectivity index (χ1v) is 6.11. The quantitative estimate of drug-likeness (QED) is 0.845. The van der Waals surface area contributed by atoms with Crippen molar-refractivity contribution in [3.8, 4) is 0 Å². The number of hydrogen-bond acceptors (Lipinski definition) is 3. The van der Waals surface area contributed by atoms with Crippen LogP contribution in [0.25, 0.3) is 0 Å². The molecule has 0 saturated carbocycles. The first kappa shape index (κ1) is 11.6. The van der Waals surface area contributed by atoms with Gasteiger partial charge in [-0.05, 0) is 25.8 Å². The summed E-state index contributed by atoms with van der Waals surface area (Å²) in [6.45, 7) is 5.98. The van der Waals surface area contributed by atoms with Crippen LogP contribution in [0.2, 0.25) is 0 Å². The molecule has 4 nitrogen and oxygen atoms in total. The minimum Gasteiger partial charge on any atom is -0.378 e. The molecule has 90 valence electrons. The number of ether oxygens (including phenoxy) is 1. The lowest BCUT2D eigenvalue weighted by atomic mass is 9.95. The predicted octanol–water partition coefficient (Wildman–Crippen LogP) is 1.72. The van der Waals surface area contributed by atoms with Crippen LogP contribution in [0.5, 0.6) is 0 Å². The van der Waals surface area contributed by atoms with Gasteiger partial charge in [-0.3, -0.25) is 4.68 Å². The van der Waals surface area contributed by atoms with Gasteiger partial charge in [-0.15, -0.1) is 0 Å². The summed E-state index contributed by atoms with van der Waals surface area (Å²) in [5, 5.41) is 4.31. The zero-order chi connectivity index (χ0) is 11.5. The Kier molecular flexibility index (Phi) is 3.61. The third kappa shape index (κ3) is 2.28. The van der Waals surface area contributed by atoms with Crippen molar-refractivity contribution in [2.75, 3.05) is 6.61 Å². The summed E-state index contributed by atoms with van der Waals surface area (Å²) in [7, 11) is 0. The Hall–Kier alpha value is -0.870. The molecule has 0 aromatic carbocycles. The van der Waals surface area contributed by atoms with Crippen LogP contribution in [0.1, 0.15) is 38.4 Å². The van der Waals surface area contributed by atoms with E-state index in [1.54, 1.807) is 0 Å². The molecular weight excluding hydrogens is 202 g/mol. The molecule has 1 aliphatic heterocycles. The van der Waals surface area contributed by atoms with Gasteiger partial charge in [0.2, 0.25) is 0 Å². The Bertz CT molecular complexity index is 337. The number of rotatable bonds is 4.